The van der Waals surface area contributed by atoms with E-state index in [0.29, 0.717) is 12.0 Å². The minimum Gasteiger partial charge on any atom is -0.480 e. The summed E-state index contributed by atoms with van der Waals surface area (Å²) < 4.78 is 1.99. The van der Waals surface area contributed by atoms with Gasteiger partial charge in [-0.25, -0.2) is 4.79 Å². The molecule has 0 saturated carbocycles. The molecular weight excluding hydrogens is 280 g/mol. The Morgan fingerprint density at radius 1 is 1.27 bits per heavy atom. The number of carboxylic acid groups (broad SMARTS) is 1. The Hall–Kier alpha value is -2.30. The van der Waals surface area contributed by atoms with Crippen molar-refractivity contribution in [1.82, 2.24) is 9.88 Å². The molecule has 0 radical (unpaired) electrons. The summed E-state index contributed by atoms with van der Waals surface area (Å²) in [4.78, 5) is 23.8. The number of nitrogens with zero attached hydrogens (tertiary/aromatic N) is 1. The maximum atomic E-state index is 12.5. The summed E-state index contributed by atoms with van der Waals surface area (Å²) in [5.74, 6) is -1.14. The van der Waals surface area contributed by atoms with Crippen molar-refractivity contribution < 1.29 is 14.7 Å². The minimum atomic E-state index is -0.999. The van der Waals surface area contributed by atoms with Crippen LogP contribution < -0.4 is 5.32 Å². The molecule has 1 atom stereocenters. The van der Waals surface area contributed by atoms with Gasteiger partial charge in [0, 0.05) is 23.6 Å². The number of carbonyl (C=O) groups excluding carboxylic acids is 1. The zero-order chi connectivity index (χ0) is 16.3. The van der Waals surface area contributed by atoms with E-state index in [1.54, 1.807) is 6.20 Å². The standard InChI is InChI=1S/C17H22N2O3/c1-4-19-10-13(12-7-5-6-8-15(12)19)16(20)18-14(17(21)22)9-11(2)3/h5-8,10-11,14H,4,9H2,1-3H3,(H,18,20)(H,21,22)/t14-/m0/s1. The van der Waals surface area contributed by atoms with Crippen molar-refractivity contribution >= 4 is 22.8 Å². The molecule has 0 aliphatic heterocycles. The van der Waals surface area contributed by atoms with Gasteiger partial charge in [0.05, 0.1) is 5.56 Å². The molecule has 5 heteroatoms. The monoisotopic (exact) mass is 302 g/mol. The SMILES string of the molecule is CCn1cc(C(=O)N[C@@H](CC(C)C)C(=O)O)c2ccccc21. The third kappa shape index (κ3) is 3.30. The Kier molecular flexibility index (Phi) is 4.85. The lowest BCUT2D eigenvalue weighted by molar-refractivity contribution is -0.139. The number of aryl methyl sites for hydroxylation is 1. The zero-order valence-electron chi connectivity index (χ0n) is 13.2. The molecule has 0 unspecified atom stereocenters. The number of amides is 1. The van der Waals surface area contributed by atoms with Gasteiger partial charge in [0.2, 0.25) is 0 Å². The summed E-state index contributed by atoms with van der Waals surface area (Å²) in [5, 5.41) is 12.7. The van der Waals surface area contributed by atoms with E-state index in [1.807, 2.05) is 49.6 Å². The Bertz CT molecular complexity index is 688. The zero-order valence-corrected chi connectivity index (χ0v) is 13.2. The lowest BCUT2D eigenvalue weighted by atomic mass is 10.0. The van der Waals surface area contributed by atoms with Gasteiger partial charge >= 0.3 is 5.97 Å². The van der Waals surface area contributed by atoms with Gasteiger partial charge in [-0.05, 0) is 25.3 Å². The van der Waals surface area contributed by atoms with E-state index in [0.717, 1.165) is 17.4 Å². The van der Waals surface area contributed by atoms with Gasteiger partial charge in [0.25, 0.3) is 5.91 Å². The van der Waals surface area contributed by atoms with E-state index in [4.69, 9.17) is 0 Å². The molecule has 0 aliphatic rings. The fourth-order valence-electron chi connectivity index (χ4n) is 2.62. The Morgan fingerprint density at radius 3 is 2.55 bits per heavy atom. The van der Waals surface area contributed by atoms with Gasteiger partial charge in [-0.1, -0.05) is 32.0 Å². The summed E-state index contributed by atoms with van der Waals surface area (Å²) >= 11 is 0. The quantitative estimate of drug-likeness (QED) is 0.862. The normalized spacial score (nSPS) is 12.5. The number of carboxylic acids is 1. The van der Waals surface area contributed by atoms with Crippen molar-refractivity contribution in [2.24, 2.45) is 5.92 Å². The van der Waals surface area contributed by atoms with Crippen LogP contribution in [0, 0.1) is 5.92 Å². The number of rotatable bonds is 6. The van der Waals surface area contributed by atoms with Gasteiger partial charge in [-0.2, -0.15) is 0 Å². The first kappa shape index (κ1) is 16.1. The first-order valence-corrected chi connectivity index (χ1v) is 7.55. The van der Waals surface area contributed by atoms with Crippen LogP contribution in [0.2, 0.25) is 0 Å². The molecule has 1 heterocycles. The number of aromatic nitrogens is 1. The van der Waals surface area contributed by atoms with Crippen LogP contribution in [0.4, 0.5) is 0 Å². The highest BCUT2D eigenvalue weighted by molar-refractivity contribution is 6.07. The highest BCUT2D eigenvalue weighted by Crippen LogP contribution is 2.21. The van der Waals surface area contributed by atoms with Crippen LogP contribution in [0.5, 0.6) is 0 Å². The molecule has 1 aromatic carbocycles. The molecule has 0 spiro atoms. The third-order valence-electron chi connectivity index (χ3n) is 3.68. The predicted molar refractivity (Wildman–Crippen MR) is 86.0 cm³/mol. The molecule has 2 N–H and O–H groups in total. The molecule has 0 saturated heterocycles. The Labute approximate surface area is 129 Å². The van der Waals surface area contributed by atoms with E-state index in [1.165, 1.54) is 0 Å². The number of hydrogen-bond donors (Lipinski definition) is 2. The van der Waals surface area contributed by atoms with Crippen molar-refractivity contribution in [2.75, 3.05) is 0 Å². The van der Waals surface area contributed by atoms with Crippen molar-refractivity contribution in [3.05, 3.63) is 36.0 Å². The molecular formula is C17H22N2O3. The van der Waals surface area contributed by atoms with Crippen molar-refractivity contribution in [2.45, 2.75) is 39.8 Å². The van der Waals surface area contributed by atoms with Crippen LogP contribution in [0.1, 0.15) is 37.6 Å². The number of para-hydroxylation sites is 1. The number of benzene rings is 1. The van der Waals surface area contributed by atoms with Crippen LogP contribution in [-0.4, -0.2) is 27.6 Å². The van der Waals surface area contributed by atoms with E-state index < -0.39 is 12.0 Å². The average Bonchev–Trinajstić information content (AvgIpc) is 2.84. The van der Waals surface area contributed by atoms with Gasteiger partial charge in [0.1, 0.15) is 6.04 Å². The van der Waals surface area contributed by atoms with E-state index in [9.17, 15) is 14.7 Å². The second-order valence-electron chi connectivity index (χ2n) is 5.84. The van der Waals surface area contributed by atoms with Crippen molar-refractivity contribution in [1.29, 1.82) is 0 Å². The third-order valence-corrected chi connectivity index (χ3v) is 3.68. The second-order valence-corrected chi connectivity index (χ2v) is 5.84. The lowest BCUT2D eigenvalue weighted by Crippen LogP contribution is -2.41. The number of aliphatic carboxylic acids is 1. The number of hydrogen-bond acceptors (Lipinski definition) is 2. The molecule has 5 nitrogen and oxygen atoms in total. The largest absolute Gasteiger partial charge is 0.480 e. The van der Waals surface area contributed by atoms with Crippen LogP contribution in [0.15, 0.2) is 30.5 Å². The lowest BCUT2D eigenvalue weighted by Gasteiger charge is -2.16. The molecule has 118 valence electrons. The molecule has 2 rings (SSSR count). The number of fused-ring (bicyclic) bond motifs is 1. The van der Waals surface area contributed by atoms with E-state index in [2.05, 4.69) is 5.32 Å². The molecule has 0 aliphatic carbocycles. The summed E-state index contributed by atoms with van der Waals surface area (Å²) in [6, 6.07) is 6.78. The van der Waals surface area contributed by atoms with E-state index in [-0.39, 0.29) is 11.8 Å². The molecule has 0 fully saturated rings. The van der Waals surface area contributed by atoms with Crippen LogP contribution in [0.3, 0.4) is 0 Å². The molecule has 1 amide bonds. The predicted octanol–water partition coefficient (Wildman–Crippen LogP) is 2.89. The van der Waals surface area contributed by atoms with Crippen molar-refractivity contribution in [3.8, 4) is 0 Å². The van der Waals surface area contributed by atoms with Gasteiger partial charge in [-0.15, -0.1) is 0 Å². The minimum absolute atomic E-state index is 0.193. The summed E-state index contributed by atoms with van der Waals surface area (Å²) in [6.45, 7) is 6.63. The second kappa shape index (κ2) is 6.64. The summed E-state index contributed by atoms with van der Waals surface area (Å²) in [6.07, 6.45) is 2.20. The number of carbonyl (C=O) groups is 2. The Morgan fingerprint density at radius 2 is 1.95 bits per heavy atom. The van der Waals surface area contributed by atoms with Crippen molar-refractivity contribution in [3.63, 3.8) is 0 Å². The molecule has 0 bridgehead atoms. The first-order valence-electron chi connectivity index (χ1n) is 7.55. The van der Waals surface area contributed by atoms with Gasteiger partial charge in [-0.3, -0.25) is 4.79 Å². The average molecular weight is 302 g/mol. The Balaban J connectivity index is 2.31. The fourth-order valence-corrected chi connectivity index (χ4v) is 2.62. The molecule has 2 aromatic rings. The van der Waals surface area contributed by atoms with Gasteiger partial charge < -0.3 is 15.0 Å². The van der Waals surface area contributed by atoms with Crippen LogP contribution >= 0.6 is 0 Å². The smallest absolute Gasteiger partial charge is 0.326 e. The maximum absolute atomic E-state index is 12.5. The van der Waals surface area contributed by atoms with Crippen LogP contribution in [-0.2, 0) is 11.3 Å². The molecule has 1 aromatic heterocycles. The highest BCUT2D eigenvalue weighted by atomic mass is 16.4. The topological polar surface area (TPSA) is 71.3 Å². The maximum Gasteiger partial charge on any atom is 0.326 e. The van der Waals surface area contributed by atoms with Crippen LogP contribution in [0.25, 0.3) is 10.9 Å². The summed E-state index contributed by atoms with van der Waals surface area (Å²) in [7, 11) is 0. The molecule has 22 heavy (non-hydrogen) atoms. The highest BCUT2D eigenvalue weighted by Gasteiger charge is 2.23. The first-order chi connectivity index (χ1) is 10.4. The van der Waals surface area contributed by atoms with Gasteiger partial charge in [0.15, 0.2) is 0 Å². The summed E-state index contributed by atoms with van der Waals surface area (Å²) in [5.41, 5.74) is 1.50. The fraction of sp³-hybridized carbons (Fsp3) is 0.412. The van der Waals surface area contributed by atoms with E-state index >= 15 is 0 Å². The number of nitrogens with one attached hydrogen (secondary N) is 1.